The molecule has 0 bridgehead atoms. The third-order valence-corrected chi connectivity index (χ3v) is 7.97. The zero-order valence-electron chi connectivity index (χ0n) is 22.3. The first-order chi connectivity index (χ1) is 15.2. The molecule has 0 aromatic rings. The van der Waals surface area contributed by atoms with Crippen LogP contribution in [0, 0.1) is 5.92 Å². The lowest BCUT2D eigenvalue weighted by atomic mass is 9.87. The lowest BCUT2D eigenvalue weighted by molar-refractivity contribution is 0.167. The second-order valence-electron chi connectivity index (χ2n) is 11.1. The van der Waals surface area contributed by atoms with Gasteiger partial charge in [0, 0.05) is 6.04 Å². The van der Waals surface area contributed by atoms with E-state index < -0.39 is 0 Å². The van der Waals surface area contributed by atoms with Crippen molar-refractivity contribution in [3.8, 4) is 0 Å². The van der Waals surface area contributed by atoms with Gasteiger partial charge in [0.2, 0.25) is 0 Å². The first kappa shape index (κ1) is 29.0. The van der Waals surface area contributed by atoms with Crippen molar-refractivity contribution in [3.05, 3.63) is 0 Å². The minimum Gasteiger partial charge on any atom is -0.303 e. The lowest BCUT2D eigenvalue weighted by Gasteiger charge is -2.33. The van der Waals surface area contributed by atoms with Crippen molar-refractivity contribution in [1.29, 1.82) is 0 Å². The van der Waals surface area contributed by atoms with Crippen LogP contribution in [0.2, 0.25) is 0 Å². The van der Waals surface area contributed by atoms with Crippen LogP contribution in [-0.2, 0) is 0 Å². The maximum absolute atomic E-state index is 2.67. The smallest absolute Gasteiger partial charge is 0.00924 e. The summed E-state index contributed by atoms with van der Waals surface area (Å²) in [7, 11) is 2.37. The van der Waals surface area contributed by atoms with E-state index in [0.717, 1.165) is 12.0 Å². The summed E-state index contributed by atoms with van der Waals surface area (Å²) in [5, 5.41) is 0. The molecule has 0 aromatic heterocycles. The third kappa shape index (κ3) is 18.1. The van der Waals surface area contributed by atoms with Crippen LogP contribution in [0.15, 0.2) is 0 Å². The van der Waals surface area contributed by atoms with Crippen molar-refractivity contribution in [1.82, 2.24) is 4.90 Å². The van der Waals surface area contributed by atoms with Gasteiger partial charge in [-0.1, -0.05) is 136 Å². The van der Waals surface area contributed by atoms with Crippen molar-refractivity contribution in [2.75, 3.05) is 13.6 Å². The number of hydrogen-bond donors (Lipinski definition) is 0. The number of unbranched alkanes of at least 4 members (excludes halogenated alkanes) is 19. The maximum Gasteiger partial charge on any atom is 0.00924 e. The highest BCUT2D eigenvalue weighted by molar-refractivity contribution is 4.76. The van der Waals surface area contributed by atoms with Crippen LogP contribution in [0.5, 0.6) is 0 Å². The van der Waals surface area contributed by atoms with E-state index in [4.69, 9.17) is 0 Å². The molecule has 1 aliphatic carbocycles. The van der Waals surface area contributed by atoms with E-state index in [-0.39, 0.29) is 0 Å². The van der Waals surface area contributed by atoms with Gasteiger partial charge in [-0.3, -0.25) is 0 Å². The largest absolute Gasteiger partial charge is 0.303 e. The van der Waals surface area contributed by atoms with Gasteiger partial charge >= 0.3 is 0 Å². The van der Waals surface area contributed by atoms with E-state index in [2.05, 4.69) is 25.8 Å². The Kier molecular flexibility index (Phi) is 20.4. The van der Waals surface area contributed by atoms with Gasteiger partial charge in [-0.2, -0.15) is 0 Å². The minimum absolute atomic E-state index is 0.886. The molecule has 0 atom stereocenters. The maximum atomic E-state index is 2.67. The molecular weight excluding hydrogens is 374 g/mol. The van der Waals surface area contributed by atoms with Gasteiger partial charge in [-0.25, -0.2) is 0 Å². The van der Waals surface area contributed by atoms with Crippen molar-refractivity contribution in [3.63, 3.8) is 0 Å². The molecule has 1 nitrogen and oxygen atoms in total. The molecule has 0 radical (unpaired) electrons. The van der Waals surface area contributed by atoms with Crippen LogP contribution in [0.4, 0.5) is 0 Å². The molecule has 0 N–H and O–H groups in total. The fraction of sp³-hybridized carbons (Fsp3) is 1.00. The molecule has 186 valence electrons. The summed E-state index contributed by atoms with van der Waals surface area (Å²) in [5.74, 6) is 0.976. The normalized spacial score (nSPS) is 19.4. The van der Waals surface area contributed by atoms with Gasteiger partial charge < -0.3 is 4.90 Å². The topological polar surface area (TPSA) is 3.24 Å². The molecular formula is C30H61N. The molecule has 0 aliphatic heterocycles. The Morgan fingerprint density at radius 2 is 0.806 bits per heavy atom. The number of hydrogen-bond acceptors (Lipinski definition) is 1. The highest BCUT2D eigenvalue weighted by atomic mass is 15.1. The molecule has 0 aromatic carbocycles. The molecule has 0 saturated heterocycles. The third-order valence-electron chi connectivity index (χ3n) is 7.97. The molecule has 0 heterocycles. The van der Waals surface area contributed by atoms with E-state index in [1.54, 1.807) is 0 Å². The van der Waals surface area contributed by atoms with Crippen LogP contribution in [0.3, 0.4) is 0 Å². The van der Waals surface area contributed by atoms with Gasteiger partial charge in [0.1, 0.15) is 0 Å². The van der Waals surface area contributed by atoms with E-state index >= 15 is 0 Å². The first-order valence-electron chi connectivity index (χ1n) is 14.9. The van der Waals surface area contributed by atoms with E-state index in [0.29, 0.717) is 0 Å². The summed E-state index contributed by atoms with van der Waals surface area (Å²) >= 11 is 0. The van der Waals surface area contributed by atoms with Crippen molar-refractivity contribution >= 4 is 0 Å². The van der Waals surface area contributed by atoms with E-state index in [1.165, 1.54) is 161 Å². The Bertz CT molecular complexity index is 344. The van der Waals surface area contributed by atoms with E-state index in [9.17, 15) is 0 Å². The number of rotatable bonds is 22. The Morgan fingerprint density at radius 3 is 1.16 bits per heavy atom. The predicted octanol–water partition coefficient (Wildman–Crippen LogP) is 10.3. The van der Waals surface area contributed by atoms with Gasteiger partial charge in [-0.05, 0) is 51.6 Å². The van der Waals surface area contributed by atoms with Crippen LogP contribution in [-0.4, -0.2) is 24.5 Å². The zero-order valence-corrected chi connectivity index (χ0v) is 22.3. The predicted molar refractivity (Wildman–Crippen MR) is 142 cm³/mol. The molecule has 1 heteroatoms. The van der Waals surface area contributed by atoms with Crippen molar-refractivity contribution < 1.29 is 0 Å². The standard InChI is InChI=1S/C30H61N/c1-4-5-6-7-8-9-10-11-12-13-14-15-16-17-18-19-20-21-22-23-28-31(3)30-26-24-29(2)25-27-30/h29-30H,4-28H2,1-3H3. The van der Waals surface area contributed by atoms with Crippen molar-refractivity contribution in [2.45, 2.75) is 174 Å². The lowest BCUT2D eigenvalue weighted by Crippen LogP contribution is -2.35. The van der Waals surface area contributed by atoms with Crippen LogP contribution < -0.4 is 0 Å². The fourth-order valence-corrected chi connectivity index (χ4v) is 5.48. The quantitative estimate of drug-likeness (QED) is 0.153. The molecule has 1 saturated carbocycles. The van der Waals surface area contributed by atoms with Gasteiger partial charge in [0.25, 0.3) is 0 Å². The summed E-state index contributed by atoms with van der Waals surface area (Å²) in [5.41, 5.74) is 0. The number of nitrogens with zero attached hydrogens (tertiary/aromatic N) is 1. The van der Waals surface area contributed by atoms with Crippen molar-refractivity contribution in [2.24, 2.45) is 5.92 Å². The average Bonchev–Trinajstić information content (AvgIpc) is 2.78. The van der Waals surface area contributed by atoms with Crippen LogP contribution in [0.1, 0.15) is 168 Å². The Morgan fingerprint density at radius 1 is 0.484 bits per heavy atom. The van der Waals surface area contributed by atoms with Gasteiger partial charge in [0.15, 0.2) is 0 Å². The van der Waals surface area contributed by atoms with Crippen LogP contribution in [0.25, 0.3) is 0 Å². The van der Waals surface area contributed by atoms with Gasteiger partial charge in [0.05, 0.1) is 0 Å². The second-order valence-corrected chi connectivity index (χ2v) is 11.1. The zero-order chi connectivity index (χ0) is 22.4. The molecule has 31 heavy (non-hydrogen) atoms. The Labute approximate surface area is 198 Å². The minimum atomic E-state index is 0.886. The van der Waals surface area contributed by atoms with Crippen LogP contribution >= 0.6 is 0 Å². The summed E-state index contributed by atoms with van der Waals surface area (Å²) in [6, 6.07) is 0.886. The summed E-state index contributed by atoms with van der Waals surface area (Å²) in [6.45, 7) is 6.06. The summed E-state index contributed by atoms with van der Waals surface area (Å²) in [6.07, 6.45) is 35.2. The van der Waals surface area contributed by atoms with Gasteiger partial charge in [-0.15, -0.1) is 0 Å². The monoisotopic (exact) mass is 435 g/mol. The molecule has 0 amide bonds. The molecule has 1 fully saturated rings. The Balaban J connectivity index is 1.70. The molecule has 1 rings (SSSR count). The molecule has 1 aliphatic rings. The summed E-state index contributed by atoms with van der Waals surface area (Å²) < 4.78 is 0. The Hall–Kier alpha value is -0.0400. The molecule has 0 spiro atoms. The SMILES string of the molecule is CCCCCCCCCCCCCCCCCCCCCCN(C)C1CCC(C)CC1. The summed E-state index contributed by atoms with van der Waals surface area (Å²) in [4.78, 5) is 2.67. The fourth-order valence-electron chi connectivity index (χ4n) is 5.48. The highest BCUT2D eigenvalue weighted by Gasteiger charge is 2.20. The average molecular weight is 436 g/mol. The second kappa shape index (κ2) is 21.8. The van der Waals surface area contributed by atoms with E-state index in [1.807, 2.05) is 0 Å². The first-order valence-corrected chi connectivity index (χ1v) is 14.9. The molecule has 0 unspecified atom stereocenters. The highest BCUT2D eigenvalue weighted by Crippen LogP contribution is 2.26.